The lowest BCUT2D eigenvalue weighted by Crippen LogP contribution is -2.40. The Hall–Kier alpha value is -1.33. The van der Waals surface area contributed by atoms with E-state index >= 15 is 0 Å². The molecule has 2 rings (SSSR count). The summed E-state index contributed by atoms with van der Waals surface area (Å²) in [6.07, 6.45) is 0. The van der Waals surface area contributed by atoms with Gasteiger partial charge in [-0.05, 0) is 29.8 Å². The summed E-state index contributed by atoms with van der Waals surface area (Å²) in [6, 6.07) is 8.78. The normalized spacial score (nSPS) is 14.8. The van der Waals surface area contributed by atoms with E-state index in [1.54, 1.807) is 22.7 Å². The van der Waals surface area contributed by atoms with Crippen LogP contribution in [0.2, 0.25) is 0 Å². The Labute approximate surface area is 128 Å². The Morgan fingerprint density at radius 3 is 2.35 bits per heavy atom. The lowest BCUT2D eigenvalue weighted by atomic mass is 10.1. The van der Waals surface area contributed by atoms with Crippen LogP contribution in [0, 0.1) is 0 Å². The van der Waals surface area contributed by atoms with Crippen LogP contribution in [0.5, 0.6) is 0 Å². The fourth-order valence-electron chi connectivity index (χ4n) is 1.93. The minimum absolute atomic E-state index is 0.276. The number of nitrogens with zero attached hydrogens (tertiary/aromatic N) is 1. The maximum atomic E-state index is 4.29. The fourth-order valence-corrected chi connectivity index (χ4v) is 3.45. The molecule has 2 aromatic heterocycles. The van der Waals surface area contributed by atoms with Gasteiger partial charge >= 0.3 is 0 Å². The van der Waals surface area contributed by atoms with E-state index in [-0.39, 0.29) is 6.04 Å². The third-order valence-corrected chi connectivity index (χ3v) is 5.31. The van der Waals surface area contributed by atoms with Gasteiger partial charge in [0.25, 0.3) is 0 Å². The van der Waals surface area contributed by atoms with Crippen LogP contribution in [0.4, 0.5) is 0 Å². The van der Waals surface area contributed by atoms with Gasteiger partial charge in [-0.25, -0.2) is 0 Å². The van der Waals surface area contributed by atoms with Crippen molar-refractivity contribution in [3.8, 4) is 0 Å². The topological polar surface area (TPSA) is 36.4 Å². The molecule has 2 unspecified atom stereocenters. The molecule has 0 aliphatic rings. The van der Waals surface area contributed by atoms with Crippen molar-refractivity contribution >= 4 is 28.6 Å². The number of hydrogen-bond acceptors (Lipinski definition) is 3. The molecular formula is C15H21N3S2. The van der Waals surface area contributed by atoms with Crippen molar-refractivity contribution in [2.75, 3.05) is 13.6 Å². The molecule has 2 N–H and O–H groups in total. The second-order valence-corrected chi connectivity index (χ2v) is 6.71. The van der Waals surface area contributed by atoms with E-state index in [9.17, 15) is 0 Å². The number of rotatable bonds is 5. The third kappa shape index (κ3) is 4.08. The summed E-state index contributed by atoms with van der Waals surface area (Å²) in [6.45, 7) is 5.27. The molecule has 0 aromatic carbocycles. The van der Waals surface area contributed by atoms with Crippen molar-refractivity contribution < 1.29 is 0 Å². The van der Waals surface area contributed by atoms with Crippen molar-refractivity contribution in [1.82, 2.24) is 10.6 Å². The molecule has 0 saturated heterocycles. The summed E-state index contributed by atoms with van der Waals surface area (Å²) in [5.74, 6) is 1.35. The largest absolute Gasteiger partial charge is 0.356 e. The molecule has 2 heterocycles. The van der Waals surface area contributed by atoms with Gasteiger partial charge in [0, 0.05) is 29.3 Å². The summed E-state index contributed by atoms with van der Waals surface area (Å²) in [5, 5.41) is 11.0. The first kappa shape index (κ1) is 15.1. The Morgan fingerprint density at radius 1 is 1.15 bits per heavy atom. The lowest BCUT2D eigenvalue weighted by Gasteiger charge is -2.18. The molecule has 5 heteroatoms. The molecule has 108 valence electrons. The lowest BCUT2D eigenvalue weighted by molar-refractivity contribution is 0.668. The molecular weight excluding hydrogens is 286 g/mol. The molecule has 20 heavy (non-hydrogen) atoms. The van der Waals surface area contributed by atoms with Crippen LogP contribution in [0.1, 0.15) is 35.6 Å². The van der Waals surface area contributed by atoms with E-state index in [1.807, 2.05) is 7.05 Å². The SMILES string of the molecule is CN=C(NCC(C)c1cccs1)NC(C)c1cccs1. The summed E-state index contributed by atoms with van der Waals surface area (Å²) >= 11 is 3.57. The molecule has 0 bridgehead atoms. The van der Waals surface area contributed by atoms with Crippen LogP contribution < -0.4 is 10.6 Å². The predicted octanol–water partition coefficient (Wildman–Crippen LogP) is 3.84. The molecule has 0 aliphatic carbocycles. The second-order valence-electron chi connectivity index (χ2n) is 4.75. The average molecular weight is 307 g/mol. The zero-order valence-electron chi connectivity index (χ0n) is 12.1. The Kier molecular flexibility index (Phi) is 5.61. The molecule has 0 aliphatic heterocycles. The molecule has 0 amide bonds. The minimum atomic E-state index is 0.276. The van der Waals surface area contributed by atoms with Gasteiger partial charge in [0.1, 0.15) is 0 Å². The Morgan fingerprint density at radius 2 is 1.80 bits per heavy atom. The van der Waals surface area contributed by atoms with Gasteiger partial charge < -0.3 is 10.6 Å². The molecule has 0 saturated carbocycles. The van der Waals surface area contributed by atoms with Crippen LogP contribution in [0.25, 0.3) is 0 Å². The first-order valence-electron chi connectivity index (χ1n) is 6.74. The highest BCUT2D eigenvalue weighted by atomic mass is 32.1. The van der Waals surface area contributed by atoms with Gasteiger partial charge in [0.15, 0.2) is 5.96 Å². The summed E-state index contributed by atoms with van der Waals surface area (Å²) in [4.78, 5) is 7.01. The first-order valence-corrected chi connectivity index (χ1v) is 8.50. The quantitative estimate of drug-likeness (QED) is 0.650. The highest BCUT2D eigenvalue weighted by Gasteiger charge is 2.10. The zero-order valence-corrected chi connectivity index (χ0v) is 13.7. The molecule has 2 atom stereocenters. The first-order chi connectivity index (χ1) is 9.70. The maximum absolute atomic E-state index is 4.29. The minimum Gasteiger partial charge on any atom is -0.356 e. The zero-order chi connectivity index (χ0) is 14.4. The number of thiophene rings is 2. The van der Waals surface area contributed by atoms with Gasteiger partial charge in [-0.2, -0.15) is 0 Å². The smallest absolute Gasteiger partial charge is 0.191 e. The second kappa shape index (κ2) is 7.45. The van der Waals surface area contributed by atoms with E-state index in [4.69, 9.17) is 0 Å². The van der Waals surface area contributed by atoms with E-state index in [1.165, 1.54) is 9.75 Å². The highest BCUT2D eigenvalue weighted by molar-refractivity contribution is 7.10. The number of aliphatic imine (C=N–C) groups is 1. The van der Waals surface area contributed by atoms with Gasteiger partial charge in [0.05, 0.1) is 6.04 Å². The third-order valence-electron chi connectivity index (χ3n) is 3.15. The van der Waals surface area contributed by atoms with Gasteiger partial charge in [-0.1, -0.05) is 19.1 Å². The van der Waals surface area contributed by atoms with Crippen LogP contribution in [-0.2, 0) is 0 Å². The molecule has 0 radical (unpaired) electrons. The molecule has 0 fully saturated rings. The average Bonchev–Trinajstić information content (AvgIpc) is 3.15. The molecule has 2 aromatic rings. The standard InChI is InChI=1S/C15H21N3S2/c1-11(13-6-4-8-19-13)10-17-15(16-3)18-12(2)14-7-5-9-20-14/h4-9,11-12H,10H2,1-3H3,(H2,16,17,18). The Balaban J connectivity index is 1.84. The van der Waals surface area contributed by atoms with Crippen LogP contribution in [0.15, 0.2) is 40.0 Å². The monoisotopic (exact) mass is 307 g/mol. The summed E-state index contributed by atoms with van der Waals surface area (Å²) in [7, 11) is 1.81. The Bertz CT molecular complexity index is 517. The van der Waals surface area contributed by atoms with Crippen molar-refractivity contribution in [2.45, 2.75) is 25.8 Å². The number of guanidine groups is 1. The molecule has 3 nitrogen and oxygen atoms in total. The summed E-state index contributed by atoms with van der Waals surface area (Å²) < 4.78 is 0. The molecule has 0 spiro atoms. The van der Waals surface area contributed by atoms with Gasteiger partial charge in [0.2, 0.25) is 0 Å². The van der Waals surface area contributed by atoms with Gasteiger partial charge in [-0.3, -0.25) is 4.99 Å². The van der Waals surface area contributed by atoms with Crippen LogP contribution in [-0.4, -0.2) is 19.6 Å². The highest BCUT2D eigenvalue weighted by Crippen LogP contribution is 2.20. The van der Waals surface area contributed by atoms with Crippen molar-refractivity contribution in [1.29, 1.82) is 0 Å². The number of hydrogen-bond donors (Lipinski definition) is 2. The maximum Gasteiger partial charge on any atom is 0.191 e. The van der Waals surface area contributed by atoms with E-state index in [0.717, 1.165) is 12.5 Å². The van der Waals surface area contributed by atoms with Crippen molar-refractivity contribution in [2.24, 2.45) is 4.99 Å². The fraction of sp³-hybridized carbons (Fsp3) is 0.400. The van der Waals surface area contributed by atoms with Crippen LogP contribution in [0.3, 0.4) is 0 Å². The van der Waals surface area contributed by atoms with E-state index in [2.05, 4.69) is 64.5 Å². The number of nitrogens with one attached hydrogen (secondary N) is 2. The predicted molar refractivity (Wildman–Crippen MR) is 90.0 cm³/mol. The van der Waals surface area contributed by atoms with Crippen molar-refractivity contribution in [3.05, 3.63) is 44.8 Å². The van der Waals surface area contributed by atoms with E-state index < -0.39 is 0 Å². The van der Waals surface area contributed by atoms with Gasteiger partial charge in [-0.15, -0.1) is 22.7 Å². The van der Waals surface area contributed by atoms with E-state index in [0.29, 0.717) is 5.92 Å². The summed E-state index contributed by atoms with van der Waals surface area (Å²) in [5.41, 5.74) is 0. The van der Waals surface area contributed by atoms with Crippen LogP contribution >= 0.6 is 22.7 Å². The van der Waals surface area contributed by atoms with Crippen molar-refractivity contribution in [3.63, 3.8) is 0 Å².